The highest BCUT2D eigenvalue weighted by molar-refractivity contribution is 5.92. The van der Waals surface area contributed by atoms with Crippen molar-refractivity contribution in [3.8, 4) is 0 Å². The first-order chi connectivity index (χ1) is 6.62. The van der Waals surface area contributed by atoms with Crippen LogP contribution in [0.5, 0.6) is 0 Å². The molecule has 1 aromatic carbocycles. The van der Waals surface area contributed by atoms with Gasteiger partial charge in [-0.3, -0.25) is 4.79 Å². The van der Waals surface area contributed by atoms with E-state index in [1.54, 1.807) is 0 Å². The smallest absolute Gasteiger partial charge is 0.159 e. The minimum absolute atomic E-state index is 0.184. The van der Waals surface area contributed by atoms with E-state index in [4.69, 9.17) is 5.73 Å². The quantitative estimate of drug-likeness (QED) is 0.788. The van der Waals surface area contributed by atoms with Crippen molar-refractivity contribution in [1.82, 2.24) is 0 Å². The Kier molecular flexibility index (Phi) is 2.16. The number of hydrogen-bond acceptors (Lipinski definition) is 2. The molecule has 1 unspecified atom stereocenters. The van der Waals surface area contributed by atoms with E-state index in [2.05, 4.69) is 0 Å². The molecular formula is C12H15NO. The Labute approximate surface area is 84.1 Å². The summed E-state index contributed by atoms with van der Waals surface area (Å²) in [5, 5.41) is 0. The van der Waals surface area contributed by atoms with Crippen LogP contribution in [0, 0.1) is 5.92 Å². The predicted molar refractivity (Wildman–Crippen MR) is 55.7 cm³/mol. The van der Waals surface area contributed by atoms with Gasteiger partial charge in [-0.05, 0) is 25.3 Å². The molecule has 2 rings (SSSR count). The van der Waals surface area contributed by atoms with Gasteiger partial charge in [-0.2, -0.15) is 0 Å². The van der Waals surface area contributed by atoms with E-state index in [1.807, 2.05) is 37.3 Å². The fourth-order valence-corrected chi connectivity index (χ4v) is 1.70. The van der Waals surface area contributed by atoms with Crippen LogP contribution in [0.3, 0.4) is 0 Å². The highest BCUT2D eigenvalue weighted by Gasteiger charge is 2.40. The van der Waals surface area contributed by atoms with Gasteiger partial charge in [-0.1, -0.05) is 30.3 Å². The average Bonchev–Trinajstić information content (AvgIpc) is 3.01. The minimum Gasteiger partial charge on any atom is -0.315 e. The van der Waals surface area contributed by atoms with Crippen LogP contribution in [-0.4, -0.2) is 5.78 Å². The molecule has 14 heavy (non-hydrogen) atoms. The third kappa shape index (κ3) is 1.58. The average molecular weight is 189 g/mol. The van der Waals surface area contributed by atoms with Crippen molar-refractivity contribution in [1.29, 1.82) is 0 Å². The van der Waals surface area contributed by atoms with Crippen LogP contribution in [0.25, 0.3) is 0 Å². The van der Waals surface area contributed by atoms with Crippen molar-refractivity contribution in [2.45, 2.75) is 25.3 Å². The molecule has 1 aliphatic rings. The van der Waals surface area contributed by atoms with Gasteiger partial charge in [-0.25, -0.2) is 0 Å². The van der Waals surface area contributed by atoms with E-state index < -0.39 is 5.54 Å². The summed E-state index contributed by atoms with van der Waals surface area (Å²) in [7, 11) is 0. The Morgan fingerprint density at radius 1 is 1.36 bits per heavy atom. The highest BCUT2D eigenvalue weighted by atomic mass is 16.1. The number of nitrogens with two attached hydrogens (primary N) is 1. The molecule has 0 heterocycles. The van der Waals surface area contributed by atoms with Crippen LogP contribution >= 0.6 is 0 Å². The zero-order valence-corrected chi connectivity index (χ0v) is 8.36. The van der Waals surface area contributed by atoms with Crippen LogP contribution in [0.1, 0.15) is 25.3 Å². The lowest BCUT2D eigenvalue weighted by atomic mass is 9.86. The number of Topliss-reactive ketones (excluding diaryl/α,β-unsaturated/α-hetero) is 1. The summed E-state index contributed by atoms with van der Waals surface area (Å²) in [5.74, 6) is 0.397. The molecular weight excluding hydrogens is 174 g/mol. The maximum atomic E-state index is 11.9. The molecule has 1 aromatic rings. The van der Waals surface area contributed by atoms with E-state index in [0.717, 1.165) is 18.4 Å². The lowest BCUT2D eigenvalue weighted by Crippen LogP contribution is -2.42. The third-order valence-electron chi connectivity index (χ3n) is 2.83. The lowest BCUT2D eigenvalue weighted by molar-refractivity contribution is -0.125. The minimum atomic E-state index is -0.803. The maximum absolute atomic E-state index is 11.9. The molecule has 74 valence electrons. The molecule has 2 heteroatoms. The predicted octanol–water partition coefficient (Wildman–Crippen LogP) is 1.84. The first-order valence-electron chi connectivity index (χ1n) is 5.01. The summed E-state index contributed by atoms with van der Waals surface area (Å²) in [6.07, 6.45) is 2.02. The Morgan fingerprint density at radius 3 is 2.43 bits per heavy atom. The van der Waals surface area contributed by atoms with E-state index in [9.17, 15) is 4.79 Å². The first-order valence-corrected chi connectivity index (χ1v) is 5.01. The summed E-state index contributed by atoms with van der Waals surface area (Å²) < 4.78 is 0. The molecule has 0 aliphatic heterocycles. The molecule has 1 saturated carbocycles. The van der Waals surface area contributed by atoms with Gasteiger partial charge in [0.2, 0.25) is 0 Å². The van der Waals surface area contributed by atoms with Gasteiger partial charge in [0.05, 0.1) is 5.54 Å². The summed E-state index contributed by atoms with van der Waals surface area (Å²) in [6.45, 7) is 1.81. The first kappa shape index (κ1) is 9.41. The molecule has 0 bridgehead atoms. The van der Waals surface area contributed by atoms with Crippen molar-refractivity contribution in [3.63, 3.8) is 0 Å². The number of carbonyl (C=O) groups excluding carboxylic acids is 1. The summed E-state index contributed by atoms with van der Waals surface area (Å²) in [6, 6.07) is 9.60. The molecule has 1 atom stereocenters. The van der Waals surface area contributed by atoms with E-state index in [-0.39, 0.29) is 11.7 Å². The molecule has 0 radical (unpaired) electrons. The molecule has 1 aliphatic carbocycles. The summed E-state index contributed by atoms with van der Waals surface area (Å²) >= 11 is 0. The second kappa shape index (κ2) is 3.21. The Balaban J connectivity index is 2.27. The van der Waals surface area contributed by atoms with E-state index in [0.29, 0.717) is 0 Å². The number of carbonyl (C=O) groups is 1. The Hall–Kier alpha value is -1.15. The van der Waals surface area contributed by atoms with Crippen molar-refractivity contribution in [2.24, 2.45) is 11.7 Å². The van der Waals surface area contributed by atoms with Gasteiger partial charge in [0.1, 0.15) is 0 Å². The standard InChI is InChI=1S/C12H15NO/c1-12(13,11(14)9-7-8-9)10-5-3-2-4-6-10/h2-6,9H,7-8,13H2,1H3. The SMILES string of the molecule is CC(N)(C(=O)C1CC1)c1ccccc1. The molecule has 2 N–H and O–H groups in total. The zero-order chi connectivity index (χ0) is 10.2. The van der Waals surface area contributed by atoms with Gasteiger partial charge in [0, 0.05) is 5.92 Å². The van der Waals surface area contributed by atoms with Crippen LogP contribution in [-0.2, 0) is 10.3 Å². The van der Waals surface area contributed by atoms with Gasteiger partial charge in [0.15, 0.2) is 5.78 Å². The summed E-state index contributed by atoms with van der Waals surface area (Å²) in [5.41, 5.74) is 6.18. The van der Waals surface area contributed by atoms with E-state index >= 15 is 0 Å². The van der Waals surface area contributed by atoms with Gasteiger partial charge >= 0.3 is 0 Å². The van der Waals surface area contributed by atoms with Crippen LogP contribution < -0.4 is 5.73 Å². The second-order valence-electron chi connectivity index (χ2n) is 4.21. The van der Waals surface area contributed by atoms with E-state index in [1.165, 1.54) is 0 Å². The molecule has 0 saturated heterocycles. The van der Waals surface area contributed by atoms with Crippen LogP contribution in [0.15, 0.2) is 30.3 Å². The Morgan fingerprint density at radius 2 is 1.93 bits per heavy atom. The second-order valence-corrected chi connectivity index (χ2v) is 4.21. The topological polar surface area (TPSA) is 43.1 Å². The fourth-order valence-electron chi connectivity index (χ4n) is 1.70. The largest absolute Gasteiger partial charge is 0.315 e. The van der Waals surface area contributed by atoms with Gasteiger partial charge in [0.25, 0.3) is 0 Å². The highest BCUT2D eigenvalue weighted by Crippen LogP contribution is 2.36. The van der Waals surface area contributed by atoms with Crippen molar-refractivity contribution in [2.75, 3.05) is 0 Å². The van der Waals surface area contributed by atoms with Crippen LogP contribution in [0.2, 0.25) is 0 Å². The number of benzene rings is 1. The number of ketones is 1. The molecule has 0 spiro atoms. The Bertz CT molecular complexity index is 339. The normalized spacial score (nSPS) is 20.1. The van der Waals surface area contributed by atoms with Gasteiger partial charge in [-0.15, -0.1) is 0 Å². The third-order valence-corrected chi connectivity index (χ3v) is 2.83. The monoisotopic (exact) mass is 189 g/mol. The summed E-state index contributed by atoms with van der Waals surface area (Å²) in [4.78, 5) is 11.9. The van der Waals surface area contributed by atoms with Crippen molar-refractivity contribution < 1.29 is 4.79 Å². The molecule has 0 amide bonds. The van der Waals surface area contributed by atoms with Crippen molar-refractivity contribution >= 4 is 5.78 Å². The number of rotatable bonds is 3. The zero-order valence-electron chi connectivity index (χ0n) is 8.36. The maximum Gasteiger partial charge on any atom is 0.159 e. The molecule has 1 fully saturated rings. The van der Waals surface area contributed by atoms with Crippen LogP contribution in [0.4, 0.5) is 0 Å². The van der Waals surface area contributed by atoms with Gasteiger partial charge < -0.3 is 5.73 Å². The number of hydrogen-bond donors (Lipinski definition) is 1. The molecule has 0 aromatic heterocycles. The fraction of sp³-hybridized carbons (Fsp3) is 0.417. The molecule has 2 nitrogen and oxygen atoms in total. The van der Waals surface area contributed by atoms with Crippen molar-refractivity contribution in [3.05, 3.63) is 35.9 Å². The lowest BCUT2D eigenvalue weighted by Gasteiger charge is -2.23.